The molecule has 0 aliphatic carbocycles. The Morgan fingerprint density at radius 3 is 2.23 bits per heavy atom. The van der Waals surface area contributed by atoms with Crippen molar-refractivity contribution in [1.82, 2.24) is 5.32 Å². The first-order valence-electron chi connectivity index (χ1n) is 6.85. The lowest BCUT2D eigenvalue weighted by atomic mass is 10.1. The molecule has 22 heavy (non-hydrogen) atoms. The van der Waals surface area contributed by atoms with Gasteiger partial charge in [0.1, 0.15) is 5.75 Å². The van der Waals surface area contributed by atoms with Gasteiger partial charge in [-0.1, -0.05) is 42.5 Å². The van der Waals surface area contributed by atoms with Crippen molar-refractivity contribution in [1.29, 1.82) is 0 Å². The Labute approximate surface area is 128 Å². The van der Waals surface area contributed by atoms with Gasteiger partial charge in [0.25, 0.3) is 5.91 Å². The number of nitrogens with one attached hydrogen (secondary N) is 1. The monoisotopic (exact) mass is 298 g/mol. The van der Waals surface area contributed by atoms with E-state index in [-0.39, 0.29) is 6.61 Å². The molecule has 0 bridgehead atoms. The number of carboxylic acids is 1. The van der Waals surface area contributed by atoms with Crippen molar-refractivity contribution in [2.24, 2.45) is 0 Å². The van der Waals surface area contributed by atoms with Crippen LogP contribution in [0.2, 0.25) is 0 Å². The zero-order chi connectivity index (χ0) is 15.9. The molecule has 0 saturated heterocycles. The Morgan fingerprint density at radius 1 is 1.05 bits per heavy atom. The van der Waals surface area contributed by atoms with Gasteiger partial charge in [-0.15, -0.1) is 0 Å². The quantitative estimate of drug-likeness (QED) is 0.862. The van der Waals surface area contributed by atoms with Gasteiger partial charge in [-0.05, 0) is 30.2 Å². The van der Waals surface area contributed by atoms with E-state index >= 15 is 0 Å². The first kappa shape index (κ1) is 15.6. The fourth-order valence-electron chi connectivity index (χ4n) is 1.87. The highest BCUT2D eigenvalue weighted by atomic mass is 16.5. The maximum atomic E-state index is 11.5. The van der Waals surface area contributed by atoms with E-state index in [1.807, 2.05) is 42.5 Å². The third-order valence-electron chi connectivity index (χ3n) is 3.06. The maximum Gasteiger partial charge on any atom is 0.258 e. The molecular formula is C17H16NO4-. The number of carbonyl (C=O) groups is 2. The molecule has 2 aromatic carbocycles. The summed E-state index contributed by atoms with van der Waals surface area (Å²) in [6.45, 7) is 1.09. The number of hydrogen-bond donors (Lipinski definition) is 1. The summed E-state index contributed by atoms with van der Waals surface area (Å²) >= 11 is 0. The molecule has 1 amide bonds. The van der Waals surface area contributed by atoms with Crippen LogP contribution in [0.25, 0.3) is 11.1 Å². The van der Waals surface area contributed by atoms with E-state index in [1.165, 1.54) is 6.92 Å². The zero-order valence-corrected chi connectivity index (χ0v) is 12.1. The van der Waals surface area contributed by atoms with Crippen LogP contribution < -0.4 is 15.2 Å². The van der Waals surface area contributed by atoms with Gasteiger partial charge in [-0.25, -0.2) is 0 Å². The summed E-state index contributed by atoms with van der Waals surface area (Å²) < 4.78 is 5.31. The smallest absolute Gasteiger partial charge is 0.258 e. The Bertz CT molecular complexity index is 637. The van der Waals surface area contributed by atoms with E-state index in [1.54, 1.807) is 12.1 Å². The van der Waals surface area contributed by atoms with Crippen LogP contribution in [0.15, 0.2) is 54.6 Å². The molecule has 0 aromatic heterocycles. The Morgan fingerprint density at radius 2 is 1.64 bits per heavy atom. The predicted molar refractivity (Wildman–Crippen MR) is 80.0 cm³/mol. The number of ether oxygens (including phenoxy) is 1. The summed E-state index contributed by atoms with van der Waals surface area (Å²) in [5.41, 5.74) is 2.14. The van der Waals surface area contributed by atoms with Gasteiger partial charge in [0.05, 0.1) is 12.0 Å². The molecule has 0 spiro atoms. The van der Waals surface area contributed by atoms with Crippen molar-refractivity contribution in [2.75, 3.05) is 6.61 Å². The van der Waals surface area contributed by atoms with Crippen LogP contribution >= 0.6 is 0 Å². The first-order valence-corrected chi connectivity index (χ1v) is 6.85. The summed E-state index contributed by atoms with van der Waals surface area (Å²) in [7, 11) is 0. The number of carboxylic acid groups (broad SMARTS) is 1. The van der Waals surface area contributed by atoms with Crippen molar-refractivity contribution in [3.8, 4) is 16.9 Å². The Kier molecular flexibility index (Phi) is 5.14. The SMILES string of the molecule is C[C@@H](NC(=O)COc1ccc(-c2ccccc2)cc1)C(=O)[O-]. The number of benzene rings is 2. The van der Waals surface area contributed by atoms with Gasteiger partial charge >= 0.3 is 0 Å². The zero-order valence-electron chi connectivity index (χ0n) is 12.1. The third kappa shape index (κ3) is 4.34. The Hall–Kier alpha value is -2.82. The molecule has 5 heteroatoms. The predicted octanol–water partition coefficient (Wildman–Crippen LogP) is 0.987. The highest BCUT2D eigenvalue weighted by Crippen LogP contribution is 2.21. The van der Waals surface area contributed by atoms with Crippen molar-refractivity contribution in [2.45, 2.75) is 13.0 Å². The molecule has 0 radical (unpaired) electrons. The van der Waals surface area contributed by atoms with Crippen LogP contribution in [0.4, 0.5) is 0 Å². The topological polar surface area (TPSA) is 78.5 Å². The molecule has 0 fully saturated rings. The minimum Gasteiger partial charge on any atom is -0.548 e. The molecule has 0 heterocycles. The fraction of sp³-hybridized carbons (Fsp3) is 0.176. The van der Waals surface area contributed by atoms with Crippen LogP contribution in [0.3, 0.4) is 0 Å². The molecule has 5 nitrogen and oxygen atoms in total. The van der Waals surface area contributed by atoms with Crippen LogP contribution in [0.5, 0.6) is 5.75 Å². The van der Waals surface area contributed by atoms with Gasteiger partial charge in [0.15, 0.2) is 6.61 Å². The van der Waals surface area contributed by atoms with Gasteiger partial charge in [-0.2, -0.15) is 0 Å². The van der Waals surface area contributed by atoms with Crippen LogP contribution in [0.1, 0.15) is 6.92 Å². The lowest BCUT2D eigenvalue weighted by molar-refractivity contribution is -0.307. The average molecular weight is 298 g/mol. The van der Waals surface area contributed by atoms with Crippen LogP contribution in [-0.2, 0) is 9.59 Å². The Balaban J connectivity index is 1.89. The molecule has 2 rings (SSSR count). The molecule has 1 atom stereocenters. The molecular weight excluding hydrogens is 282 g/mol. The van der Waals surface area contributed by atoms with Crippen LogP contribution in [0, 0.1) is 0 Å². The van der Waals surface area contributed by atoms with Crippen LogP contribution in [-0.4, -0.2) is 24.5 Å². The van der Waals surface area contributed by atoms with Crippen molar-refractivity contribution < 1.29 is 19.4 Å². The number of amides is 1. The summed E-state index contributed by atoms with van der Waals surface area (Å²) in [4.78, 5) is 22.0. The summed E-state index contributed by atoms with van der Waals surface area (Å²) in [6, 6.07) is 16.2. The minimum atomic E-state index is -1.33. The number of hydrogen-bond acceptors (Lipinski definition) is 4. The van der Waals surface area contributed by atoms with Gasteiger partial charge in [-0.3, -0.25) is 4.79 Å². The second kappa shape index (κ2) is 7.26. The lowest BCUT2D eigenvalue weighted by Crippen LogP contribution is -2.47. The molecule has 2 aromatic rings. The molecule has 1 N–H and O–H groups in total. The van der Waals surface area contributed by atoms with E-state index < -0.39 is 17.9 Å². The normalized spacial score (nSPS) is 11.5. The molecule has 0 unspecified atom stereocenters. The molecule has 114 valence electrons. The van der Waals surface area contributed by atoms with Gasteiger partial charge in [0, 0.05) is 0 Å². The summed E-state index contributed by atoms with van der Waals surface area (Å²) in [6.07, 6.45) is 0. The van der Waals surface area contributed by atoms with Gasteiger partial charge in [0.2, 0.25) is 0 Å². The number of aliphatic carboxylic acids is 1. The van der Waals surface area contributed by atoms with E-state index in [4.69, 9.17) is 4.74 Å². The number of carbonyl (C=O) groups excluding carboxylic acids is 2. The average Bonchev–Trinajstić information content (AvgIpc) is 2.54. The standard InChI is InChI=1S/C17H17NO4/c1-12(17(20)21)18-16(19)11-22-15-9-7-14(8-10-15)13-5-3-2-4-6-13/h2-10,12H,11H2,1H3,(H,18,19)(H,20,21)/p-1/t12-/m1/s1. The van der Waals surface area contributed by atoms with Gasteiger partial charge < -0.3 is 20.0 Å². The highest BCUT2D eigenvalue weighted by molar-refractivity contribution is 5.83. The molecule has 0 aliphatic rings. The van der Waals surface area contributed by atoms with E-state index in [9.17, 15) is 14.7 Å². The third-order valence-corrected chi connectivity index (χ3v) is 3.06. The molecule has 0 saturated carbocycles. The van der Waals surface area contributed by atoms with Crippen molar-refractivity contribution >= 4 is 11.9 Å². The largest absolute Gasteiger partial charge is 0.548 e. The number of rotatable bonds is 6. The van der Waals surface area contributed by atoms with E-state index in [2.05, 4.69) is 5.32 Å². The second-order valence-electron chi connectivity index (χ2n) is 4.79. The maximum absolute atomic E-state index is 11.5. The fourth-order valence-corrected chi connectivity index (χ4v) is 1.87. The lowest BCUT2D eigenvalue weighted by Gasteiger charge is -2.14. The second-order valence-corrected chi connectivity index (χ2v) is 4.79. The van der Waals surface area contributed by atoms with E-state index in [0.717, 1.165) is 11.1 Å². The molecule has 0 aliphatic heterocycles. The first-order chi connectivity index (χ1) is 10.6. The van der Waals surface area contributed by atoms with Crippen molar-refractivity contribution in [3.63, 3.8) is 0 Å². The highest BCUT2D eigenvalue weighted by Gasteiger charge is 2.08. The van der Waals surface area contributed by atoms with Crippen molar-refractivity contribution in [3.05, 3.63) is 54.6 Å². The summed E-state index contributed by atoms with van der Waals surface area (Å²) in [5, 5.41) is 12.8. The minimum absolute atomic E-state index is 0.248. The van der Waals surface area contributed by atoms with E-state index in [0.29, 0.717) is 5.75 Å². The summed E-state index contributed by atoms with van der Waals surface area (Å²) in [5.74, 6) is -1.31.